The topological polar surface area (TPSA) is 63.7 Å². The van der Waals surface area contributed by atoms with E-state index in [1.807, 2.05) is 13.0 Å². The van der Waals surface area contributed by atoms with Gasteiger partial charge < -0.3 is 4.74 Å². The summed E-state index contributed by atoms with van der Waals surface area (Å²) in [6.07, 6.45) is 3.01. The van der Waals surface area contributed by atoms with Gasteiger partial charge in [0.25, 0.3) is 0 Å². The molecule has 0 aliphatic heterocycles. The predicted octanol–water partition coefficient (Wildman–Crippen LogP) is 2.38. The zero-order valence-corrected chi connectivity index (χ0v) is 11.3. The average Bonchev–Trinajstić information content (AvgIpc) is 2.82. The van der Waals surface area contributed by atoms with Gasteiger partial charge in [-0.15, -0.1) is 0 Å². The summed E-state index contributed by atoms with van der Waals surface area (Å²) in [5.74, 6) is 0.569. The van der Waals surface area contributed by atoms with Crippen LogP contribution in [0.5, 0.6) is 5.75 Å². The largest absolute Gasteiger partial charge is 0.487 e. The fourth-order valence-electron chi connectivity index (χ4n) is 1.53. The molecular formula is C12H11BrN4O. The van der Waals surface area contributed by atoms with Crippen molar-refractivity contribution in [3.63, 3.8) is 0 Å². The second kappa shape index (κ2) is 5.65. The molecule has 1 aromatic carbocycles. The number of halogens is 1. The zero-order valence-electron chi connectivity index (χ0n) is 9.75. The summed E-state index contributed by atoms with van der Waals surface area (Å²) in [7, 11) is 0. The SMILES string of the molecule is C[C@@H](Cn1cncn1)Oc1cc(Br)ccc1C#N. The molecule has 0 saturated heterocycles. The molecule has 5 nitrogen and oxygen atoms in total. The second-order valence-corrected chi connectivity index (χ2v) is 4.71. The van der Waals surface area contributed by atoms with Gasteiger partial charge in [0.05, 0.1) is 12.1 Å². The second-order valence-electron chi connectivity index (χ2n) is 3.80. The van der Waals surface area contributed by atoms with E-state index in [0.29, 0.717) is 17.9 Å². The maximum Gasteiger partial charge on any atom is 0.138 e. The van der Waals surface area contributed by atoms with E-state index in [4.69, 9.17) is 10.00 Å². The Kier molecular flexibility index (Phi) is 3.95. The first-order chi connectivity index (χ1) is 8.69. The van der Waals surface area contributed by atoms with Gasteiger partial charge in [0, 0.05) is 4.47 Å². The van der Waals surface area contributed by atoms with Gasteiger partial charge in [0.15, 0.2) is 0 Å². The number of benzene rings is 1. The highest BCUT2D eigenvalue weighted by Gasteiger charge is 2.10. The van der Waals surface area contributed by atoms with Crippen LogP contribution in [0.25, 0.3) is 0 Å². The van der Waals surface area contributed by atoms with E-state index in [0.717, 1.165) is 4.47 Å². The van der Waals surface area contributed by atoms with Gasteiger partial charge >= 0.3 is 0 Å². The molecule has 1 atom stereocenters. The molecule has 0 spiro atoms. The quantitative estimate of drug-likeness (QED) is 0.870. The van der Waals surface area contributed by atoms with Crippen LogP contribution >= 0.6 is 15.9 Å². The first-order valence-corrected chi connectivity index (χ1v) is 6.17. The van der Waals surface area contributed by atoms with Crippen LogP contribution in [0.3, 0.4) is 0 Å². The highest BCUT2D eigenvalue weighted by Crippen LogP contribution is 2.24. The molecular weight excluding hydrogens is 296 g/mol. The third-order valence-electron chi connectivity index (χ3n) is 2.30. The molecule has 0 radical (unpaired) electrons. The normalized spacial score (nSPS) is 11.8. The van der Waals surface area contributed by atoms with Gasteiger partial charge in [0.1, 0.15) is 30.6 Å². The van der Waals surface area contributed by atoms with E-state index in [2.05, 4.69) is 32.1 Å². The molecule has 0 N–H and O–H groups in total. The molecule has 0 amide bonds. The van der Waals surface area contributed by atoms with E-state index in [1.165, 1.54) is 6.33 Å². The standard InChI is InChI=1S/C12H11BrN4O/c1-9(6-17-8-15-7-16-17)18-12-4-11(13)3-2-10(12)5-14/h2-4,7-9H,6H2,1H3/t9-/m0/s1. The van der Waals surface area contributed by atoms with Gasteiger partial charge in [-0.25, -0.2) is 9.67 Å². The molecule has 1 aromatic heterocycles. The fourth-order valence-corrected chi connectivity index (χ4v) is 1.87. The van der Waals surface area contributed by atoms with Gasteiger partial charge in [-0.3, -0.25) is 0 Å². The summed E-state index contributed by atoms with van der Waals surface area (Å²) >= 11 is 3.36. The molecule has 0 aliphatic carbocycles. The summed E-state index contributed by atoms with van der Waals surface area (Å²) in [4.78, 5) is 3.87. The number of aromatic nitrogens is 3. The first kappa shape index (κ1) is 12.6. The van der Waals surface area contributed by atoms with Crippen LogP contribution in [0.4, 0.5) is 0 Å². The highest BCUT2D eigenvalue weighted by molar-refractivity contribution is 9.10. The highest BCUT2D eigenvalue weighted by atomic mass is 79.9. The Hall–Kier alpha value is -1.87. The van der Waals surface area contributed by atoms with Crippen molar-refractivity contribution >= 4 is 15.9 Å². The third kappa shape index (κ3) is 3.08. The van der Waals surface area contributed by atoms with Crippen LogP contribution in [0.1, 0.15) is 12.5 Å². The van der Waals surface area contributed by atoms with Crippen molar-refractivity contribution in [1.82, 2.24) is 14.8 Å². The Bertz CT molecular complexity index is 562. The Morgan fingerprint density at radius 1 is 1.56 bits per heavy atom. The Labute approximate surface area is 113 Å². The van der Waals surface area contributed by atoms with Crippen molar-refractivity contribution in [3.05, 3.63) is 40.9 Å². The Balaban J connectivity index is 2.09. The van der Waals surface area contributed by atoms with Crippen LogP contribution in [0, 0.1) is 11.3 Å². The minimum atomic E-state index is -0.104. The van der Waals surface area contributed by atoms with Crippen LogP contribution < -0.4 is 4.74 Å². The first-order valence-electron chi connectivity index (χ1n) is 5.38. The van der Waals surface area contributed by atoms with E-state index in [-0.39, 0.29) is 6.10 Å². The maximum absolute atomic E-state index is 9.01. The van der Waals surface area contributed by atoms with E-state index >= 15 is 0 Å². The number of hydrogen-bond acceptors (Lipinski definition) is 4. The number of rotatable bonds is 4. The molecule has 2 rings (SSSR count). The Morgan fingerprint density at radius 3 is 3.06 bits per heavy atom. The van der Waals surface area contributed by atoms with Gasteiger partial charge in [-0.2, -0.15) is 10.4 Å². The lowest BCUT2D eigenvalue weighted by Gasteiger charge is -2.15. The lowest BCUT2D eigenvalue weighted by molar-refractivity contribution is 0.193. The summed E-state index contributed by atoms with van der Waals surface area (Å²) in [5, 5.41) is 13.0. The minimum absolute atomic E-state index is 0.104. The van der Waals surface area contributed by atoms with E-state index < -0.39 is 0 Å². The summed E-state index contributed by atoms with van der Waals surface area (Å²) < 4.78 is 8.32. The van der Waals surface area contributed by atoms with Crippen LogP contribution in [0.2, 0.25) is 0 Å². The van der Waals surface area contributed by atoms with Crippen molar-refractivity contribution in [3.8, 4) is 11.8 Å². The third-order valence-corrected chi connectivity index (χ3v) is 2.80. The molecule has 0 fully saturated rings. The van der Waals surface area contributed by atoms with Gasteiger partial charge in [-0.05, 0) is 25.1 Å². The minimum Gasteiger partial charge on any atom is -0.487 e. The van der Waals surface area contributed by atoms with Crippen LogP contribution in [0.15, 0.2) is 35.3 Å². The predicted molar refractivity (Wildman–Crippen MR) is 69.0 cm³/mol. The Morgan fingerprint density at radius 2 is 2.39 bits per heavy atom. The number of ether oxygens (including phenoxy) is 1. The zero-order chi connectivity index (χ0) is 13.0. The fraction of sp³-hybridized carbons (Fsp3) is 0.250. The smallest absolute Gasteiger partial charge is 0.138 e. The molecule has 1 heterocycles. The molecule has 0 saturated carbocycles. The molecule has 18 heavy (non-hydrogen) atoms. The van der Waals surface area contributed by atoms with E-state index in [1.54, 1.807) is 23.1 Å². The lowest BCUT2D eigenvalue weighted by atomic mass is 10.2. The van der Waals surface area contributed by atoms with Crippen LogP contribution in [-0.2, 0) is 6.54 Å². The average molecular weight is 307 g/mol. The molecule has 0 unspecified atom stereocenters. The number of nitrogens with zero attached hydrogens (tertiary/aromatic N) is 4. The van der Waals surface area contributed by atoms with Crippen molar-refractivity contribution in [2.24, 2.45) is 0 Å². The van der Waals surface area contributed by atoms with E-state index in [9.17, 15) is 0 Å². The van der Waals surface area contributed by atoms with Crippen LogP contribution in [-0.4, -0.2) is 20.9 Å². The molecule has 92 valence electrons. The maximum atomic E-state index is 9.01. The molecule has 0 bridgehead atoms. The van der Waals surface area contributed by atoms with Gasteiger partial charge in [0.2, 0.25) is 0 Å². The lowest BCUT2D eigenvalue weighted by Crippen LogP contribution is -2.20. The molecule has 0 aliphatic rings. The number of hydrogen-bond donors (Lipinski definition) is 0. The van der Waals surface area contributed by atoms with Crippen molar-refractivity contribution < 1.29 is 4.74 Å². The van der Waals surface area contributed by atoms with Crippen molar-refractivity contribution in [1.29, 1.82) is 5.26 Å². The molecule has 2 aromatic rings. The number of nitriles is 1. The summed E-state index contributed by atoms with van der Waals surface area (Å²) in [6, 6.07) is 7.43. The molecule has 6 heteroatoms. The monoisotopic (exact) mass is 306 g/mol. The van der Waals surface area contributed by atoms with Crippen molar-refractivity contribution in [2.45, 2.75) is 19.6 Å². The summed E-state index contributed by atoms with van der Waals surface area (Å²) in [5.41, 5.74) is 0.517. The van der Waals surface area contributed by atoms with Crippen molar-refractivity contribution in [2.75, 3.05) is 0 Å². The summed E-state index contributed by atoms with van der Waals surface area (Å²) in [6.45, 7) is 2.50. The van der Waals surface area contributed by atoms with Gasteiger partial charge in [-0.1, -0.05) is 15.9 Å².